The lowest BCUT2D eigenvalue weighted by molar-refractivity contribution is 0.592. The molecule has 1 heterocycles. The van der Waals surface area contributed by atoms with E-state index < -0.39 is 9.84 Å². The molecule has 0 atom stereocenters. The minimum atomic E-state index is -3.09. The second-order valence-corrected chi connectivity index (χ2v) is 4.08. The summed E-state index contributed by atoms with van der Waals surface area (Å²) in [5, 5.41) is 0.243. The largest absolute Gasteiger partial charge is 0.325 e. The van der Waals surface area contributed by atoms with Crippen LogP contribution >= 0.6 is 0 Å². The van der Waals surface area contributed by atoms with Gasteiger partial charge in [-0.15, -0.1) is 0 Å². The second kappa shape index (κ2) is 2.09. The maximum absolute atomic E-state index is 10.9. The third-order valence-corrected chi connectivity index (χ3v) is 2.31. The van der Waals surface area contributed by atoms with Crippen molar-refractivity contribution in [2.75, 3.05) is 6.26 Å². The van der Waals surface area contributed by atoms with E-state index in [-0.39, 0.29) is 5.03 Å². The van der Waals surface area contributed by atoms with Crippen LogP contribution in [0.1, 0.15) is 0 Å². The first-order valence-electron chi connectivity index (χ1n) is 2.68. The third kappa shape index (κ3) is 1.18. The SMILES string of the molecule is Cn1cncc1S(C)(=O)=O. The summed E-state index contributed by atoms with van der Waals surface area (Å²) < 4.78 is 23.2. The molecular formula is C5H8N2O2S. The van der Waals surface area contributed by atoms with E-state index in [4.69, 9.17) is 0 Å². The lowest BCUT2D eigenvalue weighted by Gasteiger charge is -1.95. The highest BCUT2D eigenvalue weighted by atomic mass is 32.2. The van der Waals surface area contributed by atoms with Crippen molar-refractivity contribution in [1.29, 1.82) is 0 Å². The Kier molecular flexibility index (Phi) is 1.52. The van der Waals surface area contributed by atoms with Crippen molar-refractivity contribution in [3.63, 3.8) is 0 Å². The summed E-state index contributed by atoms with van der Waals surface area (Å²) in [7, 11) is -1.45. The van der Waals surface area contributed by atoms with Gasteiger partial charge in [0, 0.05) is 13.3 Å². The molecule has 0 fully saturated rings. The lowest BCUT2D eigenvalue weighted by atomic mass is 10.9. The Labute approximate surface area is 59.4 Å². The minimum absolute atomic E-state index is 0.243. The zero-order valence-corrected chi connectivity index (χ0v) is 6.59. The Balaban J connectivity index is 3.32. The molecule has 0 aliphatic carbocycles. The number of sulfone groups is 1. The van der Waals surface area contributed by atoms with Gasteiger partial charge in [-0.2, -0.15) is 0 Å². The summed E-state index contributed by atoms with van der Waals surface area (Å²) in [6, 6.07) is 0. The topological polar surface area (TPSA) is 52.0 Å². The van der Waals surface area contributed by atoms with Gasteiger partial charge in [0.1, 0.15) is 0 Å². The van der Waals surface area contributed by atoms with E-state index in [0.717, 1.165) is 6.26 Å². The van der Waals surface area contributed by atoms with Crippen LogP contribution in [-0.2, 0) is 16.9 Å². The maximum atomic E-state index is 10.9. The first kappa shape index (κ1) is 7.27. The van der Waals surface area contributed by atoms with Gasteiger partial charge < -0.3 is 4.57 Å². The molecule has 56 valence electrons. The first-order valence-corrected chi connectivity index (χ1v) is 4.57. The van der Waals surface area contributed by atoms with E-state index in [0.29, 0.717) is 0 Å². The van der Waals surface area contributed by atoms with Gasteiger partial charge in [-0.3, -0.25) is 0 Å². The smallest absolute Gasteiger partial charge is 0.192 e. The monoisotopic (exact) mass is 160 g/mol. The summed E-state index contributed by atoms with van der Waals surface area (Å²) in [5.41, 5.74) is 0. The van der Waals surface area contributed by atoms with Crippen molar-refractivity contribution in [3.8, 4) is 0 Å². The molecule has 0 saturated carbocycles. The summed E-state index contributed by atoms with van der Waals surface area (Å²) in [6.45, 7) is 0. The maximum Gasteiger partial charge on any atom is 0.192 e. The molecule has 0 N–H and O–H groups in total. The Morgan fingerprint density at radius 3 is 2.40 bits per heavy atom. The molecule has 0 aromatic carbocycles. The Morgan fingerprint density at radius 2 is 2.20 bits per heavy atom. The van der Waals surface area contributed by atoms with Gasteiger partial charge in [0.15, 0.2) is 14.9 Å². The number of hydrogen-bond acceptors (Lipinski definition) is 3. The van der Waals surface area contributed by atoms with Gasteiger partial charge in [0.2, 0.25) is 0 Å². The van der Waals surface area contributed by atoms with Crippen LogP contribution in [0.2, 0.25) is 0 Å². The van der Waals surface area contributed by atoms with E-state index in [1.807, 2.05) is 0 Å². The first-order chi connectivity index (χ1) is 4.52. The predicted octanol–water partition coefficient (Wildman–Crippen LogP) is -0.176. The fourth-order valence-electron chi connectivity index (χ4n) is 0.702. The van der Waals surface area contributed by atoms with Crippen molar-refractivity contribution >= 4 is 9.84 Å². The summed E-state index contributed by atoms with van der Waals surface area (Å²) in [6.07, 6.45) is 3.94. The number of nitrogens with zero attached hydrogens (tertiary/aromatic N) is 2. The average Bonchev–Trinajstić information content (AvgIpc) is 2.11. The number of aromatic nitrogens is 2. The molecule has 5 heteroatoms. The van der Waals surface area contributed by atoms with Gasteiger partial charge in [0.05, 0.1) is 12.5 Å². The molecule has 0 saturated heterocycles. The number of imidazole rings is 1. The molecule has 0 amide bonds. The van der Waals surface area contributed by atoms with Crippen molar-refractivity contribution < 1.29 is 8.42 Å². The quantitative estimate of drug-likeness (QED) is 0.572. The summed E-state index contributed by atoms with van der Waals surface area (Å²) in [4.78, 5) is 3.67. The normalized spacial score (nSPS) is 11.8. The number of hydrogen-bond donors (Lipinski definition) is 0. The fraction of sp³-hybridized carbons (Fsp3) is 0.400. The van der Waals surface area contributed by atoms with Crippen molar-refractivity contribution in [1.82, 2.24) is 9.55 Å². The van der Waals surface area contributed by atoms with Crippen molar-refractivity contribution in [3.05, 3.63) is 12.5 Å². The standard InChI is InChI=1S/C5H8N2O2S/c1-7-4-6-3-5(7)10(2,8)9/h3-4H,1-2H3. The van der Waals surface area contributed by atoms with Crippen LogP contribution in [0, 0.1) is 0 Å². The van der Waals surface area contributed by atoms with Crippen LogP contribution < -0.4 is 0 Å². The Hall–Kier alpha value is -0.840. The van der Waals surface area contributed by atoms with Gasteiger partial charge >= 0.3 is 0 Å². The molecule has 0 aliphatic heterocycles. The molecule has 10 heavy (non-hydrogen) atoms. The van der Waals surface area contributed by atoms with Crippen molar-refractivity contribution in [2.24, 2.45) is 7.05 Å². The van der Waals surface area contributed by atoms with E-state index in [2.05, 4.69) is 4.98 Å². The average molecular weight is 160 g/mol. The fourth-order valence-corrected chi connectivity index (χ4v) is 1.52. The molecule has 1 aromatic rings. The second-order valence-electron chi connectivity index (χ2n) is 2.11. The zero-order chi connectivity index (χ0) is 7.78. The van der Waals surface area contributed by atoms with Crippen molar-refractivity contribution in [2.45, 2.75) is 5.03 Å². The molecule has 1 rings (SSSR count). The van der Waals surface area contributed by atoms with Crippen LogP contribution in [0.5, 0.6) is 0 Å². The van der Waals surface area contributed by atoms with Crippen LogP contribution in [-0.4, -0.2) is 24.2 Å². The molecule has 0 unspecified atom stereocenters. The van der Waals surface area contributed by atoms with Gasteiger partial charge in [-0.05, 0) is 0 Å². The van der Waals surface area contributed by atoms with E-state index in [1.54, 1.807) is 7.05 Å². The zero-order valence-electron chi connectivity index (χ0n) is 5.77. The molecule has 0 spiro atoms. The van der Waals surface area contributed by atoms with E-state index in [9.17, 15) is 8.42 Å². The molecular weight excluding hydrogens is 152 g/mol. The van der Waals surface area contributed by atoms with E-state index in [1.165, 1.54) is 17.1 Å². The Bertz CT molecular complexity index is 325. The Morgan fingerprint density at radius 1 is 1.60 bits per heavy atom. The summed E-state index contributed by atoms with van der Waals surface area (Å²) >= 11 is 0. The predicted molar refractivity (Wildman–Crippen MR) is 36.3 cm³/mol. The van der Waals surface area contributed by atoms with Crippen LogP contribution in [0.25, 0.3) is 0 Å². The van der Waals surface area contributed by atoms with Crippen LogP contribution in [0.4, 0.5) is 0 Å². The van der Waals surface area contributed by atoms with Gasteiger partial charge in [-0.1, -0.05) is 0 Å². The summed E-state index contributed by atoms with van der Waals surface area (Å²) in [5.74, 6) is 0. The highest BCUT2D eigenvalue weighted by molar-refractivity contribution is 7.90. The molecule has 1 aromatic heterocycles. The number of rotatable bonds is 1. The molecule has 0 radical (unpaired) electrons. The third-order valence-electron chi connectivity index (χ3n) is 1.15. The number of aryl methyl sites for hydroxylation is 1. The lowest BCUT2D eigenvalue weighted by Crippen LogP contribution is -2.02. The van der Waals surface area contributed by atoms with Gasteiger partial charge in [0.25, 0.3) is 0 Å². The molecule has 0 aliphatic rings. The minimum Gasteiger partial charge on any atom is -0.325 e. The van der Waals surface area contributed by atoms with E-state index >= 15 is 0 Å². The van der Waals surface area contributed by atoms with Crippen LogP contribution in [0.3, 0.4) is 0 Å². The molecule has 0 bridgehead atoms. The van der Waals surface area contributed by atoms with Gasteiger partial charge in [-0.25, -0.2) is 13.4 Å². The van der Waals surface area contributed by atoms with Crippen LogP contribution in [0.15, 0.2) is 17.6 Å². The molecule has 4 nitrogen and oxygen atoms in total. The highest BCUT2D eigenvalue weighted by Crippen LogP contribution is 2.03. The highest BCUT2D eigenvalue weighted by Gasteiger charge is 2.09.